The molecule has 0 atom stereocenters. The van der Waals surface area contributed by atoms with Crippen LogP contribution in [0.15, 0.2) is 57.2 Å². The van der Waals surface area contributed by atoms with Crippen LogP contribution in [0.4, 0.5) is 0 Å². The molecule has 0 saturated carbocycles. The van der Waals surface area contributed by atoms with Crippen LogP contribution in [0.25, 0.3) is 20.4 Å². The van der Waals surface area contributed by atoms with Crippen LogP contribution in [0.5, 0.6) is 0 Å². The van der Waals surface area contributed by atoms with Gasteiger partial charge in [-0.15, -0.1) is 0 Å². The highest BCUT2D eigenvalue weighted by molar-refractivity contribution is 8.01. The Morgan fingerprint density at radius 1 is 0.553 bits per heavy atom. The van der Waals surface area contributed by atoms with Crippen LogP contribution in [0.2, 0.25) is 0 Å². The first-order valence-corrected chi connectivity index (χ1v) is 22.3. The van der Waals surface area contributed by atoms with Crippen molar-refractivity contribution in [2.24, 2.45) is 14.1 Å². The second kappa shape index (κ2) is 24.8. The van der Waals surface area contributed by atoms with Crippen LogP contribution in [-0.4, -0.2) is 29.0 Å². The molecule has 0 N–H and O–H groups in total. The van der Waals surface area contributed by atoms with Crippen LogP contribution < -0.4 is 9.13 Å². The van der Waals surface area contributed by atoms with Crippen LogP contribution in [0.3, 0.4) is 0 Å². The standard InChI is InChI=1S/2C18H28NS2.H2O4S/c2*1-3-4-5-6-7-8-9-12-15-20-18-19(2)16-13-10-11-14-17(16)21-18;1-5(2,3)4/h2*10-11,13-14H,3-9,12,15H2,1-2H3;(H2,1,2,3,4)/q2*+1;/p-2. The van der Waals surface area contributed by atoms with Crippen LogP contribution in [0.1, 0.15) is 117 Å². The van der Waals surface area contributed by atoms with E-state index < -0.39 is 10.4 Å². The van der Waals surface area contributed by atoms with E-state index in [4.69, 9.17) is 17.5 Å². The Morgan fingerprint density at radius 3 is 1.17 bits per heavy atom. The van der Waals surface area contributed by atoms with Crippen molar-refractivity contribution in [3.05, 3.63) is 48.5 Å². The van der Waals surface area contributed by atoms with Gasteiger partial charge in [-0.05, 0) is 48.5 Å². The first-order chi connectivity index (χ1) is 22.7. The fraction of sp³-hybridized carbons (Fsp3) is 0.611. The summed E-state index contributed by atoms with van der Waals surface area (Å²) in [5.74, 6) is 2.52. The monoisotopic (exact) mass is 740 g/mol. The van der Waals surface area contributed by atoms with E-state index in [0.29, 0.717) is 0 Å². The molecule has 0 saturated heterocycles. The van der Waals surface area contributed by atoms with Crippen molar-refractivity contribution in [2.45, 2.75) is 125 Å². The molecule has 2 aromatic heterocycles. The third kappa shape index (κ3) is 18.4. The molecule has 0 bridgehead atoms. The van der Waals surface area contributed by atoms with Gasteiger partial charge >= 0.3 is 0 Å². The third-order valence-electron chi connectivity index (χ3n) is 7.84. The summed E-state index contributed by atoms with van der Waals surface area (Å²) in [5.41, 5.74) is 2.72. The molecule has 0 amide bonds. The molecule has 2 aromatic carbocycles. The summed E-state index contributed by atoms with van der Waals surface area (Å²) in [6, 6.07) is 17.4. The zero-order valence-electron chi connectivity index (χ0n) is 28.9. The zero-order valence-corrected chi connectivity index (χ0v) is 33.0. The van der Waals surface area contributed by atoms with Crippen LogP contribution in [0, 0.1) is 0 Å². The number of para-hydroxylation sites is 2. The van der Waals surface area contributed by atoms with E-state index in [0.717, 1.165) is 0 Å². The predicted molar refractivity (Wildman–Crippen MR) is 203 cm³/mol. The summed E-state index contributed by atoms with van der Waals surface area (Å²) in [4.78, 5) is 0. The normalized spacial score (nSPS) is 11.4. The number of rotatable bonds is 20. The van der Waals surface area contributed by atoms with Crippen molar-refractivity contribution < 1.29 is 26.7 Å². The Morgan fingerprint density at radius 2 is 0.851 bits per heavy atom. The largest absolute Gasteiger partial charge is 0.759 e. The van der Waals surface area contributed by atoms with Gasteiger partial charge in [0.15, 0.2) is 0 Å². The topological polar surface area (TPSA) is 88.0 Å². The molecular formula is C36H56N2O4S5. The summed E-state index contributed by atoms with van der Waals surface area (Å²) in [7, 11) is -0.788. The SMILES string of the molecule is CCCCCCCCCCSc1sc2ccccc2[n+]1C.CCCCCCCCCCSc1sc2ccccc2[n+]1C.O=S(=O)([O-])[O-]. The molecule has 0 unspecified atom stereocenters. The molecule has 47 heavy (non-hydrogen) atoms. The molecular weight excluding hydrogens is 685 g/mol. The molecule has 0 aliphatic heterocycles. The number of aryl methyl sites for hydroxylation is 2. The third-order valence-corrected chi connectivity index (χ3v) is 13.1. The second-order valence-corrected chi connectivity index (χ2v) is 17.4. The number of hydrogen-bond donors (Lipinski definition) is 0. The summed E-state index contributed by atoms with van der Waals surface area (Å²) < 4.78 is 44.5. The smallest absolute Gasteiger partial charge is 0.298 e. The highest BCUT2D eigenvalue weighted by Crippen LogP contribution is 2.29. The van der Waals surface area contributed by atoms with E-state index in [9.17, 15) is 0 Å². The summed E-state index contributed by atoms with van der Waals surface area (Å²) >= 11 is 7.91. The lowest BCUT2D eigenvalue weighted by Gasteiger charge is -2.06. The molecule has 0 spiro atoms. The maximum Gasteiger partial charge on any atom is 0.298 e. The van der Waals surface area contributed by atoms with Gasteiger partial charge in [-0.1, -0.05) is 151 Å². The van der Waals surface area contributed by atoms with E-state index in [1.54, 1.807) is 0 Å². The molecule has 2 heterocycles. The minimum absolute atomic E-state index is 1.26. The van der Waals surface area contributed by atoms with Crippen molar-refractivity contribution in [3.63, 3.8) is 0 Å². The second-order valence-electron chi connectivity index (χ2n) is 11.8. The fourth-order valence-corrected chi connectivity index (χ4v) is 10.1. The van der Waals surface area contributed by atoms with Gasteiger partial charge in [-0.3, -0.25) is 8.42 Å². The van der Waals surface area contributed by atoms with E-state index in [2.05, 4.69) is 85.6 Å². The Labute approximate surface area is 301 Å². The molecule has 0 radical (unpaired) electrons. The van der Waals surface area contributed by atoms with Crippen LogP contribution in [-0.2, 0) is 24.5 Å². The van der Waals surface area contributed by atoms with E-state index in [1.165, 1.54) is 143 Å². The zero-order chi connectivity index (χ0) is 34.3. The van der Waals surface area contributed by atoms with Gasteiger partial charge in [0.1, 0.15) is 23.5 Å². The molecule has 264 valence electrons. The minimum Gasteiger partial charge on any atom is -0.759 e. The molecule has 0 aliphatic rings. The minimum atomic E-state index is -5.17. The lowest BCUT2D eigenvalue weighted by molar-refractivity contribution is -0.676. The number of fused-ring (bicyclic) bond motifs is 2. The number of nitrogens with zero attached hydrogens (tertiary/aromatic N) is 2. The van der Waals surface area contributed by atoms with Gasteiger partial charge < -0.3 is 9.11 Å². The molecule has 11 heteroatoms. The molecule has 0 fully saturated rings. The lowest BCUT2D eigenvalue weighted by atomic mass is 10.1. The van der Waals surface area contributed by atoms with Gasteiger partial charge in [-0.2, -0.15) is 9.13 Å². The average Bonchev–Trinajstić information content (AvgIpc) is 3.54. The number of hydrogen-bond acceptors (Lipinski definition) is 8. The quantitative estimate of drug-likeness (QED) is 0.0295. The van der Waals surface area contributed by atoms with Crippen molar-refractivity contribution in [1.82, 2.24) is 0 Å². The Hall–Kier alpha value is -1.21. The predicted octanol–water partition coefficient (Wildman–Crippen LogP) is 10.6. The number of thioether (sulfide) groups is 2. The van der Waals surface area contributed by atoms with Gasteiger partial charge in [0, 0.05) is 34.0 Å². The Balaban J connectivity index is 0.000000286. The van der Waals surface area contributed by atoms with Gasteiger partial charge in [0.25, 0.3) is 8.68 Å². The van der Waals surface area contributed by atoms with E-state index >= 15 is 0 Å². The maximum atomic E-state index is 8.52. The van der Waals surface area contributed by atoms with Gasteiger partial charge in [-0.25, -0.2) is 0 Å². The Bertz CT molecular complexity index is 1400. The van der Waals surface area contributed by atoms with Crippen LogP contribution >= 0.6 is 46.2 Å². The molecule has 4 aromatic rings. The highest BCUT2D eigenvalue weighted by Gasteiger charge is 2.17. The lowest BCUT2D eigenvalue weighted by Crippen LogP contribution is -2.28. The van der Waals surface area contributed by atoms with Crippen molar-refractivity contribution in [2.75, 3.05) is 11.5 Å². The highest BCUT2D eigenvalue weighted by atomic mass is 32.3. The number of unbranched alkanes of at least 4 members (excludes halogenated alkanes) is 14. The summed E-state index contributed by atoms with van der Waals surface area (Å²) in [6.45, 7) is 4.57. The molecule has 4 rings (SSSR count). The first kappa shape index (κ1) is 42.0. The fourth-order valence-electron chi connectivity index (χ4n) is 5.21. The molecule has 0 aliphatic carbocycles. The Kier molecular flexibility index (Phi) is 22.2. The van der Waals surface area contributed by atoms with E-state index in [-0.39, 0.29) is 0 Å². The van der Waals surface area contributed by atoms with Gasteiger partial charge in [0.05, 0.1) is 0 Å². The first-order valence-electron chi connectivity index (χ1n) is 17.3. The van der Waals surface area contributed by atoms with Crippen molar-refractivity contribution in [3.8, 4) is 0 Å². The van der Waals surface area contributed by atoms with Crippen molar-refractivity contribution in [1.29, 1.82) is 0 Å². The summed E-state index contributed by atoms with van der Waals surface area (Å²) in [6.07, 6.45) is 22.5. The average molecular weight is 741 g/mol. The van der Waals surface area contributed by atoms with Gasteiger partial charge in [0.2, 0.25) is 11.0 Å². The number of benzene rings is 2. The van der Waals surface area contributed by atoms with E-state index in [1.807, 2.05) is 46.2 Å². The summed E-state index contributed by atoms with van der Waals surface area (Å²) in [5, 5.41) is 0. The maximum absolute atomic E-state index is 8.52. The number of thiazole rings is 2. The number of aromatic nitrogens is 2. The molecule has 6 nitrogen and oxygen atoms in total. The van der Waals surface area contributed by atoms with Crippen molar-refractivity contribution >= 4 is 77.0 Å².